The molecule has 1 aromatic heterocycles. The first-order chi connectivity index (χ1) is 8.45. The molecule has 102 valence electrons. The fourth-order valence-corrected chi connectivity index (χ4v) is 3.67. The Morgan fingerprint density at radius 1 is 1.44 bits per heavy atom. The van der Waals surface area contributed by atoms with Gasteiger partial charge in [0.15, 0.2) is 0 Å². The van der Waals surface area contributed by atoms with Gasteiger partial charge in [-0.15, -0.1) is 0 Å². The van der Waals surface area contributed by atoms with Crippen molar-refractivity contribution in [3.05, 3.63) is 18.5 Å². The molecule has 0 aliphatic carbocycles. The van der Waals surface area contributed by atoms with Crippen LogP contribution in [0.2, 0.25) is 0 Å². The van der Waals surface area contributed by atoms with E-state index in [1.165, 1.54) is 10.5 Å². The minimum atomic E-state index is -3.50. The van der Waals surface area contributed by atoms with Gasteiger partial charge in [-0.25, -0.2) is 8.42 Å². The third-order valence-corrected chi connectivity index (χ3v) is 4.76. The van der Waals surface area contributed by atoms with Crippen molar-refractivity contribution in [2.75, 3.05) is 18.9 Å². The largest absolute Gasteiger partial charge is 0.387 e. The summed E-state index contributed by atoms with van der Waals surface area (Å²) in [6.07, 6.45) is 3.75. The average molecular weight is 271 g/mol. The Bertz CT molecular complexity index is 486. The number of anilines is 1. The second kappa shape index (κ2) is 6.15. The fourth-order valence-electron chi connectivity index (χ4n) is 1.79. The molecule has 0 amide bonds. The molecule has 0 atom stereocenters. The van der Waals surface area contributed by atoms with E-state index < -0.39 is 10.0 Å². The van der Waals surface area contributed by atoms with E-state index in [0.29, 0.717) is 12.2 Å². The van der Waals surface area contributed by atoms with Gasteiger partial charge >= 0.3 is 0 Å². The first-order valence-electron chi connectivity index (χ1n) is 6.08. The second-order valence-corrected chi connectivity index (χ2v) is 6.19. The van der Waals surface area contributed by atoms with Gasteiger partial charge in [0.05, 0.1) is 5.69 Å². The molecule has 1 heterocycles. The van der Waals surface area contributed by atoms with Gasteiger partial charge < -0.3 is 5.32 Å². The van der Waals surface area contributed by atoms with Gasteiger partial charge in [-0.1, -0.05) is 6.92 Å². The van der Waals surface area contributed by atoms with Crippen LogP contribution < -0.4 is 5.32 Å². The van der Waals surface area contributed by atoms with E-state index in [1.807, 2.05) is 20.8 Å². The number of nitrogens with one attached hydrogen (secondary N) is 1. The predicted octanol–water partition coefficient (Wildman–Crippen LogP) is 1.93. The molecule has 0 unspecified atom stereocenters. The van der Waals surface area contributed by atoms with Crippen LogP contribution in [0.5, 0.6) is 0 Å². The van der Waals surface area contributed by atoms with Crippen molar-refractivity contribution >= 4 is 15.7 Å². The van der Waals surface area contributed by atoms with Crippen LogP contribution in [0.4, 0.5) is 5.69 Å². The zero-order chi connectivity index (χ0) is 13.8. The number of hydrogen-bond acceptors (Lipinski definition) is 4. The lowest BCUT2D eigenvalue weighted by molar-refractivity contribution is 0.354. The van der Waals surface area contributed by atoms with E-state index in [0.717, 1.165) is 6.42 Å². The summed E-state index contributed by atoms with van der Waals surface area (Å²) in [5.74, 6) is 0. The van der Waals surface area contributed by atoms with Crippen LogP contribution in [-0.2, 0) is 10.0 Å². The van der Waals surface area contributed by atoms with Crippen LogP contribution in [0.25, 0.3) is 0 Å². The van der Waals surface area contributed by atoms with Crippen molar-refractivity contribution in [3.63, 3.8) is 0 Å². The van der Waals surface area contributed by atoms with E-state index in [4.69, 9.17) is 0 Å². The smallest absolute Gasteiger partial charge is 0.246 e. The standard InChI is InChI=1S/C12H21N3O2S/c1-5-8-15(10(2)3)18(16,17)12-9-14-7-6-11(12)13-4/h6-7,9-10H,5,8H2,1-4H3,(H,13,14). The summed E-state index contributed by atoms with van der Waals surface area (Å²) in [6, 6.07) is 1.59. The minimum absolute atomic E-state index is 0.0696. The molecule has 0 spiro atoms. The average Bonchev–Trinajstić information content (AvgIpc) is 2.35. The number of sulfonamides is 1. The van der Waals surface area contributed by atoms with E-state index >= 15 is 0 Å². The molecule has 5 nitrogen and oxygen atoms in total. The maximum Gasteiger partial charge on any atom is 0.246 e. The monoisotopic (exact) mass is 271 g/mol. The summed E-state index contributed by atoms with van der Waals surface area (Å²) in [4.78, 5) is 4.15. The number of hydrogen-bond donors (Lipinski definition) is 1. The normalized spacial score (nSPS) is 12.1. The van der Waals surface area contributed by atoms with E-state index in [9.17, 15) is 8.42 Å². The SMILES string of the molecule is CCCN(C(C)C)S(=O)(=O)c1cnccc1NC. The Kier molecular flexibility index (Phi) is 5.10. The topological polar surface area (TPSA) is 62.3 Å². The highest BCUT2D eigenvalue weighted by Crippen LogP contribution is 2.24. The fraction of sp³-hybridized carbons (Fsp3) is 0.583. The maximum atomic E-state index is 12.6. The molecule has 0 aliphatic rings. The van der Waals surface area contributed by atoms with Crippen molar-refractivity contribution in [2.45, 2.75) is 38.1 Å². The van der Waals surface area contributed by atoms with E-state index in [1.54, 1.807) is 19.3 Å². The molecular weight excluding hydrogens is 250 g/mol. The predicted molar refractivity (Wildman–Crippen MR) is 73.1 cm³/mol. The highest BCUT2D eigenvalue weighted by Gasteiger charge is 2.28. The molecule has 6 heteroatoms. The van der Waals surface area contributed by atoms with Gasteiger partial charge in [0.2, 0.25) is 10.0 Å². The summed E-state index contributed by atoms with van der Waals surface area (Å²) < 4.78 is 26.7. The van der Waals surface area contributed by atoms with Crippen LogP contribution in [0.3, 0.4) is 0 Å². The van der Waals surface area contributed by atoms with Crippen molar-refractivity contribution in [2.24, 2.45) is 0 Å². The lowest BCUT2D eigenvalue weighted by atomic mass is 10.4. The Balaban J connectivity index is 3.26. The molecule has 1 aromatic rings. The summed E-state index contributed by atoms with van der Waals surface area (Å²) in [5, 5.41) is 2.89. The Morgan fingerprint density at radius 2 is 2.11 bits per heavy atom. The van der Waals surface area contributed by atoms with Crippen LogP contribution in [0.15, 0.2) is 23.4 Å². The molecule has 0 aliphatic heterocycles. The quantitative estimate of drug-likeness (QED) is 0.859. The lowest BCUT2D eigenvalue weighted by Crippen LogP contribution is -2.37. The molecule has 1 rings (SSSR count). The third kappa shape index (κ3) is 3.00. The number of pyridine rings is 1. The van der Waals surface area contributed by atoms with Crippen molar-refractivity contribution < 1.29 is 8.42 Å². The van der Waals surface area contributed by atoms with Crippen molar-refractivity contribution in [3.8, 4) is 0 Å². The highest BCUT2D eigenvalue weighted by molar-refractivity contribution is 7.89. The Hall–Kier alpha value is -1.14. The van der Waals surface area contributed by atoms with Crippen LogP contribution >= 0.6 is 0 Å². The maximum absolute atomic E-state index is 12.6. The van der Waals surface area contributed by atoms with Crippen LogP contribution in [0.1, 0.15) is 27.2 Å². The number of aromatic nitrogens is 1. The summed E-state index contributed by atoms with van der Waals surface area (Å²) in [7, 11) is -1.79. The molecule has 0 radical (unpaired) electrons. The summed E-state index contributed by atoms with van der Waals surface area (Å²) in [6.45, 7) is 6.23. The second-order valence-electron chi connectivity index (χ2n) is 4.33. The van der Waals surface area contributed by atoms with Gasteiger partial charge in [-0.05, 0) is 26.3 Å². The third-order valence-electron chi connectivity index (χ3n) is 2.66. The number of rotatable bonds is 6. The molecule has 0 saturated carbocycles. The van der Waals surface area contributed by atoms with Crippen molar-refractivity contribution in [1.29, 1.82) is 0 Å². The minimum Gasteiger partial charge on any atom is -0.387 e. The highest BCUT2D eigenvalue weighted by atomic mass is 32.2. The lowest BCUT2D eigenvalue weighted by Gasteiger charge is -2.26. The number of nitrogens with zero attached hydrogens (tertiary/aromatic N) is 2. The molecule has 0 bridgehead atoms. The summed E-state index contributed by atoms with van der Waals surface area (Å²) in [5.41, 5.74) is 0.576. The van der Waals surface area contributed by atoms with E-state index in [-0.39, 0.29) is 10.9 Å². The Labute approximate surface area is 109 Å². The molecular formula is C12H21N3O2S. The first-order valence-corrected chi connectivity index (χ1v) is 7.52. The molecule has 0 fully saturated rings. The van der Waals surface area contributed by atoms with E-state index in [2.05, 4.69) is 10.3 Å². The summed E-state index contributed by atoms with van der Waals surface area (Å²) >= 11 is 0. The first kappa shape index (κ1) is 14.9. The van der Waals surface area contributed by atoms with Gasteiger partial charge in [0, 0.05) is 32.0 Å². The zero-order valence-corrected chi connectivity index (χ0v) is 12.2. The molecule has 1 N–H and O–H groups in total. The van der Waals surface area contributed by atoms with Gasteiger partial charge in [0.25, 0.3) is 0 Å². The van der Waals surface area contributed by atoms with Crippen LogP contribution in [0, 0.1) is 0 Å². The van der Waals surface area contributed by atoms with Crippen LogP contribution in [-0.4, -0.2) is 37.3 Å². The van der Waals surface area contributed by atoms with Gasteiger partial charge in [0.1, 0.15) is 4.90 Å². The Morgan fingerprint density at radius 3 is 2.61 bits per heavy atom. The van der Waals surface area contributed by atoms with Gasteiger partial charge in [-0.2, -0.15) is 4.31 Å². The molecule has 0 saturated heterocycles. The molecule has 0 aromatic carbocycles. The van der Waals surface area contributed by atoms with Gasteiger partial charge in [-0.3, -0.25) is 4.98 Å². The molecule has 18 heavy (non-hydrogen) atoms. The van der Waals surface area contributed by atoms with Crippen molar-refractivity contribution in [1.82, 2.24) is 9.29 Å². The zero-order valence-electron chi connectivity index (χ0n) is 11.3.